The third kappa shape index (κ3) is 5.07. The fourth-order valence-corrected chi connectivity index (χ4v) is 3.62. The molecule has 1 aliphatic heterocycles. The van der Waals surface area contributed by atoms with Crippen LogP contribution in [0.25, 0.3) is 0 Å². The number of ether oxygens (including phenoxy) is 2. The highest BCUT2D eigenvalue weighted by molar-refractivity contribution is 5.96. The first kappa shape index (κ1) is 20.2. The van der Waals surface area contributed by atoms with Crippen molar-refractivity contribution in [3.05, 3.63) is 83.7 Å². The Kier molecular flexibility index (Phi) is 6.44. The molecule has 0 saturated carbocycles. The van der Waals surface area contributed by atoms with Crippen LogP contribution in [0.1, 0.15) is 34.3 Å². The van der Waals surface area contributed by atoms with E-state index in [0.717, 1.165) is 25.0 Å². The van der Waals surface area contributed by atoms with E-state index >= 15 is 0 Å². The van der Waals surface area contributed by atoms with Crippen LogP contribution in [0.3, 0.4) is 0 Å². The number of carbonyl (C=O) groups excluding carboxylic acids is 1. The van der Waals surface area contributed by atoms with Crippen molar-refractivity contribution in [1.82, 2.24) is 14.7 Å². The van der Waals surface area contributed by atoms with Gasteiger partial charge in [0, 0.05) is 32.0 Å². The molecule has 3 aromatic rings. The zero-order chi connectivity index (χ0) is 20.8. The van der Waals surface area contributed by atoms with Crippen LogP contribution in [0.5, 0.6) is 5.75 Å². The molecule has 0 N–H and O–H groups in total. The number of carbonyl (C=O) groups is 1. The SMILES string of the molecule is CN(Cc1cnn(Cc2ccccc2)c1)C(=O)c1ccccc1OCC1CCCO1. The third-order valence-corrected chi connectivity index (χ3v) is 5.21. The molecule has 6 heteroatoms. The van der Waals surface area contributed by atoms with E-state index < -0.39 is 0 Å². The van der Waals surface area contributed by atoms with Gasteiger partial charge in [-0.2, -0.15) is 5.10 Å². The van der Waals surface area contributed by atoms with Gasteiger partial charge in [-0.15, -0.1) is 0 Å². The summed E-state index contributed by atoms with van der Waals surface area (Å²) >= 11 is 0. The predicted molar refractivity (Wildman–Crippen MR) is 114 cm³/mol. The fourth-order valence-electron chi connectivity index (χ4n) is 3.62. The van der Waals surface area contributed by atoms with Gasteiger partial charge in [-0.05, 0) is 30.5 Å². The van der Waals surface area contributed by atoms with E-state index in [0.29, 0.717) is 31.0 Å². The van der Waals surface area contributed by atoms with Gasteiger partial charge < -0.3 is 14.4 Å². The molecule has 0 aliphatic carbocycles. The van der Waals surface area contributed by atoms with Crippen LogP contribution in [-0.2, 0) is 17.8 Å². The lowest BCUT2D eigenvalue weighted by atomic mass is 10.1. The molecular weight excluding hydrogens is 378 g/mol. The first-order chi connectivity index (χ1) is 14.7. The lowest BCUT2D eigenvalue weighted by Crippen LogP contribution is -2.27. The highest BCUT2D eigenvalue weighted by Crippen LogP contribution is 2.22. The van der Waals surface area contributed by atoms with Crippen LogP contribution >= 0.6 is 0 Å². The van der Waals surface area contributed by atoms with E-state index in [2.05, 4.69) is 17.2 Å². The van der Waals surface area contributed by atoms with E-state index in [9.17, 15) is 4.79 Å². The highest BCUT2D eigenvalue weighted by Gasteiger charge is 2.20. The number of nitrogens with zero attached hydrogens (tertiary/aromatic N) is 3. The lowest BCUT2D eigenvalue weighted by molar-refractivity contribution is 0.0656. The number of para-hydroxylation sites is 1. The second kappa shape index (κ2) is 9.59. The maximum atomic E-state index is 13.1. The Balaban J connectivity index is 1.38. The standard InChI is InChI=1S/C24H27N3O3/c1-26(15-20-14-25-27(17-20)16-19-8-3-2-4-9-19)24(28)22-11-5-6-12-23(22)30-18-21-10-7-13-29-21/h2-6,8-9,11-12,14,17,21H,7,10,13,15-16,18H2,1H3. The second-order valence-electron chi connectivity index (χ2n) is 7.64. The minimum atomic E-state index is -0.0752. The van der Waals surface area contributed by atoms with Crippen molar-refractivity contribution in [2.75, 3.05) is 20.3 Å². The maximum absolute atomic E-state index is 13.1. The molecule has 6 nitrogen and oxygen atoms in total. The summed E-state index contributed by atoms with van der Waals surface area (Å²) < 4.78 is 13.4. The molecule has 1 fully saturated rings. The minimum absolute atomic E-state index is 0.0752. The molecule has 1 aliphatic rings. The second-order valence-corrected chi connectivity index (χ2v) is 7.64. The summed E-state index contributed by atoms with van der Waals surface area (Å²) in [4.78, 5) is 14.7. The molecule has 2 heterocycles. The van der Waals surface area contributed by atoms with E-state index in [1.165, 1.54) is 5.56 Å². The van der Waals surface area contributed by atoms with E-state index in [-0.39, 0.29) is 12.0 Å². The van der Waals surface area contributed by atoms with Gasteiger partial charge in [0.1, 0.15) is 12.4 Å². The molecule has 1 aromatic heterocycles. The van der Waals surface area contributed by atoms with E-state index in [4.69, 9.17) is 9.47 Å². The van der Waals surface area contributed by atoms with Crippen molar-refractivity contribution in [1.29, 1.82) is 0 Å². The van der Waals surface area contributed by atoms with Gasteiger partial charge in [-0.25, -0.2) is 0 Å². The van der Waals surface area contributed by atoms with Crippen LogP contribution in [-0.4, -0.2) is 47.0 Å². The summed E-state index contributed by atoms with van der Waals surface area (Å²) in [5, 5.41) is 4.43. The minimum Gasteiger partial charge on any atom is -0.490 e. The molecule has 2 aromatic carbocycles. The molecule has 0 bridgehead atoms. The van der Waals surface area contributed by atoms with Gasteiger partial charge in [0.15, 0.2) is 0 Å². The number of hydrogen-bond donors (Lipinski definition) is 0. The summed E-state index contributed by atoms with van der Waals surface area (Å²) in [7, 11) is 1.80. The first-order valence-electron chi connectivity index (χ1n) is 10.3. The summed E-state index contributed by atoms with van der Waals surface area (Å²) in [6, 6.07) is 17.6. The summed E-state index contributed by atoms with van der Waals surface area (Å²) in [6.07, 6.45) is 5.97. The number of rotatable bonds is 8. The van der Waals surface area contributed by atoms with Crippen molar-refractivity contribution in [2.24, 2.45) is 0 Å². The normalized spacial score (nSPS) is 15.8. The summed E-state index contributed by atoms with van der Waals surface area (Å²) in [6.45, 7) is 2.45. The molecule has 1 saturated heterocycles. The monoisotopic (exact) mass is 405 g/mol. The van der Waals surface area contributed by atoms with Gasteiger partial charge in [-0.1, -0.05) is 42.5 Å². The predicted octanol–water partition coefficient (Wildman–Crippen LogP) is 3.76. The third-order valence-electron chi connectivity index (χ3n) is 5.21. The van der Waals surface area contributed by atoms with Gasteiger partial charge >= 0.3 is 0 Å². The Morgan fingerprint density at radius 3 is 2.77 bits per heavy atom. The number of amides is 1. The van der Waals surface area contributed by atoms with Gasteiger partial charge in [0.05, 0.1) is 24.4 Å². The molecule has 1 unspecified atom stereocenters. The van der Waals surface area contributed by atoms with Crippen molar-refractivity contribution >= 4 is 5.91 Å². The largest absolute Gasteiger partial charge is 0.490 e. The molecule has 30 heavy (non-hydrogen) atoms. The van der Waals surface area contributed by atoms with E-state index in [1.807, 2.05) is 59.5 Å². The van der Waals surface area contributed by atoms with Crippen LogP contribution in [0.15, 0.2) is 67.0 Å². The number of aromatic nitrogens is 2. The average molecular weight is 405 g/mol. The van der Waals surface area contributed by atoms with Gasteiger partial charge in [-0.3, -0.25) is 9.48 Å². The number of benzene rings is 2. The van der Waals surface area contributed by atoms with Crippen molar-refractivity contribution < 1.29 is 14.3 Å². The lowest BCUT2D eigenvalue weighted by Gasteiger charge is -2.19. The van der Waals surface area contributed by atoms with Crippen LogP contribution in [0.4, 0.5) is 0 Å². The summed E-state index contributed by atoms with van der Waals surface area (Å²) in [5.74, 6) is 0.526. The van der Waals surface area contributed by atoms with Crippen LogP contribution < -0.4 is 4.74 Å². The highest BCUT2D eigenvalue weighted by atomic mass is 16.5. The van der Waals surface area contributed by atoms with Crippen molar-refractivity contribution in [3.8, 4) is 5.75 Å². The van der Waals surface area contributed by atoms with Crippen molar-refractivity contribution in [2.45, 2.75) is 32.0 Å². The Labute approximate surface area is 177 Å². The average Bonchev–Trinajstić information content (AvgIpc) is 3.45. The van der Waals surface area contributed by atoms with Crippen LogP contribution in [0.2, 0.25) is 0 Å². The zero-order valence-electron chi connectivity index (χ0n) is 17.2. The number of hydrogen-bond acceptors (Lipinski definition) is 4. The Morgan fingerprint density at radius 1 is 1.17 bits per heavy atom. The maximum Gasteiger partial charge on any atom is 0.257 e. The van der Waals surface area contributed by atoms with Crippen molar-refractivity contribution in [3.63, 3.8) is 0 Å². The molecule has 1 amide bonds. The van der Waals surface area contributed by atoms with Gasteiger partial charge in [0.25, 0.3) is 5.91 Å². The Hall–Kier alpha value is -3.12. The zero-order valence-corrected chi connectivity index (χ0v) is 17.2. The first-order valence-corrected chi connectivity index (χ1v) is 10.3. The molecule has 156 valence electrons. The molecule has 4 rings (SSSR count). The molecule has 0 spiro atoms. The quantitative estimate of drug-likeness (QED) is 0.573. The van der Waals surface area contributed by atoms with Crippen LogP contribution in [0, 0.1) is 0 Å². The molecular formula is C24H27N3O3. The molecule has 0 radical (unpaired) electrons. The summed E-state index contributed by atoms with van der Waals surface area (Å²) in [5.41, 5.74) is 2.74. The van der Waals surface area contributed by atoms with Gasteiger partial charge in [0.2, 0.25) is 0 Å². The topological polar surface area (TPSA) is 56.6 Å². The fraction of sp³-hybridized carbons (Fsp3) is 0.333. The Bertz CT molecular complexity index is 965. The van der Waals surface area contributed by atoms with E-state index in [1.54, 1.807) is 11.9 Å². The Morgan fingerprint density at radius 2 is 1.97 bits per heavy atom. The smallest absolute Gasteiger partial charge is 0.257 e. The molecule has 1 atom stereocenters.